The lowest BCUT2D eigenvalue weighted by atomic mass is 10.2. The number of hydrogen-bond donors (Lipinski definition) is 1. The number of carbonyl (C=O) groups excluding carboxylic acids is 1. The molecule has 0 saturated heterocycles. The molecule has 0 radical (unpaired) electrons. The van der Waals surface area contributed by atoms with Crippen molar-refractivity contribution in [3.05, 3.63) is 64.7 Å². The average Bonchev–Trinajstić information content (AvgIpc) is 2.73. The van der Waals surface area contributed by atoms with E-state index in [1.807, 2.05) is 43.3 Å². The highest BCUT2D eigenvalue weighted by molar-refractivity contribution is 5.77. The summed E-state index contributed by atoms with van der Waals surface area (Å²) in [5, 5.41) is 3.89. The van der Waals surface area contributed by atoms with E-state index in [1.54, 1.807) is 30.7 Å². The Kier molecular flexibility index (Phi) is 6.49. The Bertz CT molecular complexity index is 1040. The van der Waals surface area contributed by atoms with Gasteiger partial charge in [0, 0.05) is 12.2 Å². The number of fused-ring (bicyclic) bond motifs is 1. The van der Waals surface area contributed by atoms with E-state index >= 15 is 0 Å². The smallest absolute Gasteiger partial charge is 0.307 e. The van der Waals surface area contributed by atoms with E-state index in [1.165, 1.54) is 0 Å². The summed E-state index contributed by atoms with van der Waals surface area (Å²) >= 11 is 0. The molecule has 2 aromatic carbocycles. The third-order valence-electron chi connectivity index (χ3n) is 4.60. The number of rotatable bonds is 8. The molecule has 1 atom stereocenters. The largest absolute Gasteiger partial charge is 0.497 e. The second-order valence-electron chi connectivity index (χ2n) is 6.59. The van der Waals surface area contributed by atoms with Crippen LogP contribution in [-0.4, -0.2) is 29.2 Å². The van der Waals surface area contributed by atoms with Crippen molar-refractivity contribution in [2.75, 3.05) is 19.0 Å². The van der Waals surface area contributed by atoms with Crippen LogP contribution in [0, 0.1) is 0 Å². The fraction of sp³-hybridized carbons (Fsp3) is 0.318. The van der Waals surface area contributed by atoms with E-state index < -0.39 is 0 Å². The molecule has 152 valence electrons. The number of aromatic nitrogens is 2. The average molecular weight is 395 g/mol. The van der Waals surface area contributed by atoms with E-state index in [4.69, 9.17) is 14.5 Å². The van der Waals surface area contributed by atoms with Gasteiger partial charge in [-0.2, -0.15) is 0 Å². The molecule has 0 fully saturated rings. The topological polar surface area (TPSA) is 82.4 Å². The number of methoxy groups -OCH3 is 1. The molecule has 29 heavy (non-hydrogen) atoms. The van der Waals surface area contributed by atoms with Gasteiger partial charge in [0.15, 0.2) is 0 Å². The van der Waals surface area contributed by atoms with Crippen molar-refractivity contribution in [3.63, 3.8) is 0 Å². The van der Waals surface area contributed by atoms with Gasteiger partial charge in [-0.1, -0.05) is 12.1 Å². The minimum absolute atomic E-state index is 0.107. The van der Waals surface area contributed by atoms with Crippen LogP contribution < -0.4 is 15.6 Å². The van der Waals surface area contributed by atoms with Gasteiger partial charge >= 0.3 is 5.97 Å². The fourth-order valence-corrected chi connectivity index (χ4v) is 3.17. The Balaban J connectivity index is 1.95. The molecule has 0 aliphatic carbocycles. The molecule has 0 spiro atoms. The maximum absolute atomic E-state index is 13.1. The van der Waals surface area contributed by atoms with Gasteiger partial charge in [-0.3, -0.25) is 14.2 Å². The summed E-state index contributed by atoms with van der Waals surface area (Å²) in [6.45, 7) is 4.21. The van der Waals surface area contributed by atoms with E-state index in [-0.39, 0.29) is 30.5 Å². The zero-order chi connectivity index (χ0) is 20.8. The Morgan fingerprint density at radius 2 is 1.90 bits per heavy atom. The number of esters is 1. The van der Waals surface area contributed by atoms with Crippen molar-refractivity contribution in [1.29, 1.82) is 0 Å². The van der Waals surface area contributed by atoms with E-state index in [2.05, 4.69) is 5.32 Å². The highest BCUT2D eigenvalue weighted by Crippen LogP contribution is 2.21. The molecule has 0 aliphatic heterocycles. The predicted octanol–water partition coefficient (Wildman–Crippen LogP) is 3.53. The van der Waals surface area contributed by atoms with Gasteiger partial charge in [0.05, 0.1) is 37.1 Å². The van der Waals surface area contributed by atoms with Crippen molar-refractivity contribution in [3.8, 4) is 5.75 Å². The van der Waals surface area contributed by atoms with Crippen molar-refractivity contribution < 1.29 is 14.3 Å². The number of anilines is 1. The molecule has 0 bridgehead atoms. The summed E-state index contributed by atoms with van der Waals surface area (Å²) in [4.78, 5) is 29.6. The van der Waals surface area contributed by atoms with Gasteiger partial charge < -0.3 is 14.8 Å². The van der Waals surface area contributed by atoms with Crippen LogP contribution in [-0.2, 0) is 16.1 Å². The van der Waals surface area contributed by atoms with Gasteiger partial charge in [-0.25, -0.2) is 4.98 Å². The van der Waals surface area contributed by atoms with Crippen LogP contribution in [0.2, 0.25) is 0 Å². The quantitative estimate of drug-likeness (QED) is 0.588. The fourth-order valence-electron chi connectivity index (χ4n) is 3.17. The zero-order valence-corrected chi connectivity index (χ0v) is 16.8. The van der Waals surface area contributed by atoms with Crippen LogP contribution in [0.1, 0.15) is 32.1 Å². The molecule has 0 aliphatic rings. The second kappa shape index (κ2) is 9.23. The predicted molar refractivity (Wildman–Crippen MR) is 112 cm³/mol. The third kappa shape index (κ3) is 4.74. The maximum atomic E-state index is 13.1. The van der Waals surface area contributed by atoms with E-state index in [0.717, 1.165) is 11.4 Å². The monoisotopic (exact) mass is 395 g/mol. The number of nitrogens with zero attached hydrogens (tertiary/aromatic N) is 2. The van der Waals surface area contributed by atoms with Crippen molar-refractivity contribution in [2.45, 2.75) is 32.9 Å². The SMILES string of the molecule is CCOC(=O)CCn1c(C(C)Nc2ccc(OC)cc2)nc2ccccc2c1=O. The van der Waals surface area contributed by atoms with Gasteiger partial charge in [0.1, 0.15) is 11.6 Å². The number of benzene rings is 2. The molecule has 1 N–H and O–H groups in total. The maximum Gasteiger partial charge on any atom is 0.307 e. The van der Waals surface area contributed by atoms with Crippen molar-refractivity contribution in [2.24, 2.45) is 0 Å². The molecule has 7 nitrogen and oxygen atoms in total. The lowest BCUT2D eigenvalue weighted by Gasteiger charge is -2.20. The van der Waals surface area contributed by atoms with E-state index in [9.17, 15) is 9.59 Å². The molecule has 3 aromatic rings. The van der Waals surface area contributed by atoms with Crippen LogP contribution in [0.15, 0.2) is 53.3 Å². The van der Waals surface area contributed by atoms with Crippen LogP contribution >= 0.6 is 0 Å². The zero-order valence-electron chi connectivity index (χ0n) is 16.8. The molecule has 1 heterocycles. The first-order valence-corrected chi connectivity index (χ1v) is 9.59. The minimum Gasteiger partial charge on any atom is -0.497 e. The highest BCUT2D eigenvalue weighted by Gasteiger charge is 2.17. The number of hydrogen-bond acceptors (Lipinski definition) is 6. The lowest BCUT2D eigenvalue weighted by molar-refractivity contribution is -0.143. The van der Waals surface area contributed by atoms with Gasteiger partial charge in [0.2, 0.25) is 0 Å². The molecule has 1 unspecified atom stereocenters. The van der Waals surface area contributed by atoms with Crippen LogP contribution in [0.5, 0.6) is 5.75 Å². The third-order valence-corrected chi connectivity index (χ3v) is 4.60. The first-order valence-electron chi connectivity index (χ1n) is 9.59. The first-order chi connectivity index (χ1) is 14.0. The summed E-state index contributed by atoms with van der Waals surface area (Å²) in [6.07, 6.45) is 0.107. The van der Waals surface area contributed by atoms with Gasteiger partial charge in [-0.15, -0.1) is 0 Å². The van der Waals surface area contributed by atoms with Crippen LogP contribution in [0.3, 0.4) is 0 Å². The van der Waals surface area contributed by atoms with Gasteiger partial charge in [0.25, 0.3) is 5.56 Å². The Labute approximate surface area is 169 Å². The Morgan fingerprint density at radius 3 is 2.59 bits per heavy atom. The number of para-hydroxylation sites is 1. The first kappa shape index (κ1) is 20.4. The van der Waals surface area contributed by atoms with Crippen LogP contribution in [0.25, 0.3) is 10.9 Å². The Hall–Kier alpha value is -3.35. The molecule has 0 amide bonds. The summed E-state index contributed by atoms with van der Waals surface area (Å²) < 4.78 is 11.7. The van der Waals surface area contributed by atoms with Crippen molar-refractivity contribution >= 4 is 22.6 Å². The molecule has 0 saturated carbocycles. The molecule has 7 heteroatoms. The molecular weight excluding hydrogens is 370 g/mol. The number of nitrogens with one attached hydrogen (secondary N) is 1. The second-order valence-corrected chi connectivity index (χ2v) is 6.59. The summed E-state index contributed by atoms with van der Waals surface area (Å²) in [5.41, 5.74) is 1.33. The summed E-state index contributed by atoms with van der Waals surface area (Å²) in [7, 11) is 1.62. The van der Waals surface area contributed by atoms with Crippen LogP contribution in [0.4, 0.5) is 5.69 Å². The lowest BCUT2D eigenvalue weighted by Crippen LogP contribution is -2.29. The number of carbonyl (C=O) groups is 1. The molecular formula is C22H25N3O4. The summed E-state index contributed by atoms with van der Waals surface area (Å²) in [5.74, 6) is 0.987. The highest BCUT2D eigenvalue weighted by atomic mass is 16.5. The van der Waals surface area contributed by atoms with E-state index in [0.29, 0.717) is 23.3 Å². The van der Waals surface area contributed by atoms with Crippen molar-refractivity contribution in [1.82, 2.24) is 9.55 Å². The number of ether oxygens (including phenoxy) is 2. The van der Waals surface area contributed by atoms with Gasteiger partial charge in [-0.05, 0) is 50.2 Å². The molecule has 3 rings (SSSR count). The molecule has 1 aromatic heterocycles. The summed E-state index contributed by atoms with van der Waals surface area (Å²) in [6, 6.07) is 14.5. The normalized spacial score (nSPS) is 11.8. The standard InChI is InChI=1S/C22H25N3O4/c1-4-29-20(26)13-14-25-21(24-19-8-6-5-7-18(19)22(25)27)15(2)23-16-9-11-17(28-3)12-10-16/h5-12,15,23H,4,13-14H2,1-3H3. The Morgan fingerprint density at radius 1 is 1.17 bits per heavy atom. The minimum atomic E-state index is -0.339.